The zero-order valence-corrected chi connectivity index (χ0v) is 15.3. The zero-order chi connectivity index (χ0) is 18.6. The summed E-state index contributed by atoms with van der Waals surface area (Å²) in [5.74, 6) is -2.53. The number of amides is 2. The average Bonchev–Trinajstić information content (AvgIpc) is 2.61. The first-order valence-electron chi connectivity index (χ1n) is 8.85. The maximum atomic E-state index is 12.8. The van der Waals surface area contributed by atoms with E-state index >= 15 is 0 Å². The summed E-state index contributed by atoms with van der Waals surface area (Å²) in [6.07, 6.45) is 1.32. The topological polar surface area (TPSA) is 90.7 Å². The van der Waals surface area contributed by atoms with E-state index in [-0.39, 0.29) is 11.7 Å². The van der Waals surface area contributed by atoms with Crippen LogP contribution in [0.5, 0.6) is 0 Å². The maximum Gasteiger partial charge on any atom is 0.247 e. The standard InChI is InChI=1S/C18H27N3O4/c1-18(2,3)17(24)21-6-4-5-13(12-21)15(22)14(11-19)16(23)20-7-9-25-10-8-20/h13-14H,4-10,12H2,1-3H3/t13-,14-/m0/s1. The second kappa shape index (κ2) is 7.96. The fourth-order valence-electron chi connectivity index (χ4n) is 3.31. The van der Waals surface area contributed by atoms with Gasteiger partial charge in [-0.3, -0.25) is 14.4 Å². The minimum absolute atomic E-state index is 0.00184. The molecule has 0 aromatic carbocycles. The molecule has 2 amide bonds. The van der Waals surface area contributed by atoms with Crippen LogP contribution in [0.25, 0.3) is 0 Å². The van der Waals surface area contributed by atoms with Gasteiger partial charge in [-0.1, -0.05) is 20.8 Å². The number of ketones is 1. The third-order valence-corrected chi connectivity index (χ3v) is 4.74. The monoisotopic (exact) mass is 349 g/mol. The molecule has 2 heterocycles. The normalized spacial score (nSPS) is 22.9. The zero-order valence-electron chi connectivity index (χ0n) is 15.3. The Kier molecular flexibility index (Phi) is 6.17. The van der Waals surface area contributed by atoms with E-state index in [9.17, 15) is 19.6 Å². The van der Waals surface area contributed by atoms with Crippen molar-refractivity contribution in [1.29, 1.82) is 5.26 Å². The quantitative estimate of drug-likeness (QED) is 0.704. The number of piperidine rings is 1. The van der Waals surface area contributed by atoms with Crippen molar-refractivity contribution in [2.24, 2.45) is 17.3 Å². The van der Waals surface area contributed by atoms with Crippen LogP contribution >= 0.6 is 0 Å². The Morgan fingerprint density at radius 2 is 1.76 bits per heavy atom. The van der Waals surface area contributed by atoms with Crippen LogP contribution in [0, 0.1) is 28.6 Å². The van der Waals surface area contributed by atoms with Gasteiger partial charge in [-0.15, -0.1) is 0 Å². The van der Waals surface area contributed by atoms with Gasteiger partial charge in [0.2, 0.25) is 11.8 Å². The molecule has 2 aliphatic rings. The molecule has 0 spiro atoms. The van der Waals surface area contributed by atoms with Gasteiger partial charge in [0, 0.05) is 37.5 Å². The summed E-state index contributed by atoms with van der Waals surface area (Å²) in [5.41, 5.74) is -0.511. The van der Waals surface area contributed by atoms with Crippen LogP contribution < -0.4 is 0 Å². The lowest BCUT2D eigenvalue weighted by atomic mass is 9.85. The molecule has 0 N–H and O–H groups in total. The van der Waals surface area contributed by atoms with E-state index in [0.717, 1.165) is 0 Å². The number of ether oxygens (including phenoxy) is 1. The van der Waals surface area contributed by atoms with Crippen LogP contribution in [0.1, 0.15) is 33.6 Å². The third kappa shape index (κ3) is 4.57. The molecule has 25 heavy (non-hydrogen) atoms. The van der Waals surface area contributed by atoms with Crippen molar-refractivity contribution in [1.82, 2.24) is 9.80 Å². The fourth-order valence-corrected chi connectivity index (χ4v) is 3.31. The smallest absolute Gasteiger partial charge is 0.247 e. The van der Waals surface area contributed by atoms with E-state index in [4.69, 9.17) is 4.74 Å². The highest BCUT2D eigenvalue weighted by molar-refractivity contribution is 6.05. The molecule has 138 valence electrons. The summed E-state index contributed by atoms with van der Waals surface area (Å²) in [5, 5.41) is 9.40. The Morgan fingerprint density at radius 3 is 2.32 bits per heavy atom. The highest BCUT2D eigenvalue weighted by atomic mass is 16.5. The van der Waals surface area contributed by atoms with Crippen molar-refractivity contribution in [2.75, 3.05) is 39.4 Å². The van der Waals surface area contributed by atoms with Gasteiger partial charge in [0.25, 0.3) is 0 Å². The van der Waals surface area contributed by atoms with E-state index in [0.29, 0.717) is 52.2 Å². The summed E-state index contributed by atoms with van der Waals surface area (Å²) in [7, 11) is 0. The van der Waals surface area contributed by atoms with Gasteiger partial charge in [0.15, 0.2) is 11.7 Å². The Hall–Kier alpha value is -1.94. The third-order valence-electron chi connectivity index (χ3n) is 4.74. The lowest BCUT2D eigenvalue weighted by molar-refractivity contribution is -0.146. The Morgan fingerprint density at radius 1 is 1.12 bits per heavy atom. The van der Waals surface area contributed by atoms with Crippen LogP contribution in [0.2, 0.25) is 0 Å². The molecule has 2 fully saturated rings. The number of hydrogen-bond donors (Lipinski definition) is 0. The molecule has 2 atom stereocenters. The van der Waals surface area contributed by atoms with E-state index < -0.39 is 23.2 Å². The number of carbonyl (C=O) groups is 3. The van der Waals surface area contributed by atoms with Crippen LogP contribution in [0.3, 0.4) is 0 Å². The van der Waals surface area contributed by atoms with Crippen molar-refractivity contribution in [3.8, 4) is 6.07 Å². The molecular formula is C18H27N3O4. The molecule has 2 aliphatic heterocycles. The highest BCUT2D eigenvalue weighted by Crippen LogP contribution is 2.26. The van der Waals surface area contributed by atoms with Crippen molar-refractivity contribution in [3.63, 3.8) is 0 Å². The van der Waals surface area contributed by atoms with E-state index in [2.05, 4.69) is 0 Å². The number of hydrogen-bond acceptors (Lipinski definition) is 5. The van der Waals surface area contributed by atoms with Gasteiger partial charge in [0.1, 0.15) is 0 Å². The van der Waals surface area contributed by atoms with E-state index in [1.165, 1.54) is 4.90 Å². The molecule has 2 rings (SSSR count). The largest absolute Gasteiger partial charge is 0.378 e. The van der Waals surface area contributed by atoms with Crippen LogP contribution in [0.15, 0.2) is 0 Å². The van der Waals surface area contributed by atoms with Crippen LogP contribution in [-0.4, -0.2) is 66.8 Å². The number of nitriles is 1. The fraction of sp³-hybridized carbons (Fsp3) is 0.778. The Balaban J connectivity index is 2.05. The molecule has 0 bridgehead atoms. The van der Waals surface area contributed by atoms with E-state index in [1.54, 1.807) is 4.90 Å². The average molecular weight is 349 g/mol. The molecule has 0 radical (unpaired) electrons. The summed E-state index contributed by atoms with van der Waals surface area (Å²) in [6, 6.07) is 1.89. The number of likely N-dealkylation sites (tertiary alicyclic amines) is 1. The van der Waals surface area contributed by atoms with Gasteiger partial charge in [-0.05, 0) is 12.8 Å². The molecule has 2 saturated heterocycles. The second-order valence-electron chi connectivity index (χ2n) is 7.74. The number of carbonyl (C=O) groups excluding carboxylic acids is 3. The predicted octanol–water partition coefficient (Wildman–Crippen LogP) is 0.839. The Bertz CT molecular complexity index is 570. The van der Waals surface area contributed by atoms with Gasteiger partial charge >= 0.3 is 0 Å². The number of rotatable bonds is 3. The minimum Gasteiger partial charge on any atom is -0.378 e. The SMILES string of the molecule is CC(C)(C)C(=O)N1CCC[C@H](C(=O)[C@H](C#N)C(=O)N2CCOCC2)C1. The molecule has 0 unspecified atom stereocenters. The van der Waals surface area contributed by atoms with Gasteiger partial charge in [-0.25, -0.2) is 0 Å². The van der Waals surface area contributed by atoms with Crippen molar-refractivity contribution in [3.05, 3.63) is 0 Å². The highest BCUT2D eigenvalue weighted by Gasteiger charge is 2.39. The first kappa shape index (κ1) is 19.4. The molecule has 0 aromatic rings. The molecule has 0 aliphatic carbocycles. The molecule has 7 nitrogen and oxygen atoms in total. The molecule has 0 saturated carbocycles. The molecular weight excluding hydrogens is 322 g/mol. The lowest BCUT2D eigenvalue weighted by Crippen LogP contribution is -2.50. The number of nitrogens with zero attached hydrogens (tertiary/aromatic N) is 3. The van der Waals surface area contributed by atoms with Crippen LogP contribution in [-0.2, 0) is 19.1 Å². The van der Waals surface area contributed by atoms with E-state index in [1.807, 2.05) is 26.8 Å². The first-order valence-corrected chi connectivity index (χ1v) is 8.85. The van der Waals surface area contributed by atoms with Crippen molar-refractivity contribution >= 4 is 17.6 Å². The maximum absolute atomic E-state index is 12.8. The minimum atomic E-state index is -1.28. The predicted molar refractivity (Wildman–Crippen MR) is 90.3 cm³/mol. The summed E-state index contributed by atoms with van der Waals surface area (Å²) in [4.78, 5) is 41.0. The summed E-state index contributed by atoms with van der Waals surface area (Å²) in [6.45, 7) is 8.12. The second-order valence-corrected chi connectivity index (χ2v) is 7.74. The van der Waals surface area contributed by atoms with Gasteiger partial charge in [0.05, 0.1) is 19.3 Å². The molecule has 7 heteroatoms. The lowest BCUT2D eigenvalue weighted by Gasteiger charge is -2.36. The van der Waals surface area contributed by atoms with Crippen molar-refractivity contribution in [2.45, 2.75) is 33.6 Å². The Labute approximate surface area is 148 Å². The summed E-state index contributed by atoms with van der Waals surface area (Å²) < 4.78 is 5.21. The van der Waals surface area contributed by atoms with Gasteiger partial charge in [-0.2, -0.15) is 5.26 Å². The first-order chi connectivity index (χ1) is 11.8. The van der Waals surface area contributed by atoms with Crippen LogP contribution in [0.4, 0.5) is 0 Å². The number of morpholine rings is 1. The number of Topliss-reactive ketones (excluding diaryl/α,β-unsaturated/α-hetero) is 1. The molecule has 0 aromatic heterocycles. The van der Waals surface area contributed by atoms with Crippen molar-refractivity contribution < 1.29 is 19.1 Å². The summed E-state index contributed by atoms with van der Waals surface area (Å²) >= 11 is 0. The van der Waals surface area contributed by atoms with Gasteiger partial charge < -0.3 is 14.5 Å².